The summed E-state index contributed by atoms with van der Waals surface area (Å²) in [6, 6.07) is 20.2. The number of nitrogens with two attached hydrogens (primary N) is 1. The van der Waals surface area contributed by atoms with E-state index in [0.29, 0.717) is 13.0 Å². The third-order valence-corrected chi connectivity index (χ3v) is 3.74. The Morgan fingerprint density at radius 1 is 1.00 bits per heavy atom. The topological polar surface area (TPSA) is 58.3 Å². The fraction of sp³-hybridized carbons (Fsp3) is 0.333. The maximum absolute atomic E-state index is 10.2. The van der Waals surface area contributed by atoms with Crippen molar-refractivity contribution < 1.29 is 5.11 Å². The van der Waals surface area contributed by atoms with E-state index < -0.39 is 6.10 Å². The van der Waals surface area contributed by atoms with Crippen molar-refractivity contribution in [2.75, 3.05) is 6.54 Å². The van der Waals surface area contributed by atoms with Crippen molar-refractivity contribution >= 4 is 0 Å². The van der Waals surface area contributed by atoms with E-state index in [1.807, 2.05) is 48.5 Å². The van der Waals surface area contributed by atoms with E-state index >= 15 is 0 Å². The zero-order valence-corrected chi connectivity index (χ0v) is 12.4. The van der Waals surface area contributed by atoms with Crippen LogP contribution in [0.15, 0.2) is 60.7 Å². The van der Waals surface area contributed by atoms with Crippen LogP contribution in [0.5, 0.6) is 0 Å². The van der Waals surface area contributed by atoms with Crippen molar-refractivity contribution in [2.24, 2.45) is 5.73 Å². The summed E-state index contributed by atoms with van der Waals surface area (Å²) in [5.74, 6) is 0. The normalized spacial score (nSPS) is 15.4. The predicted octanol–water partition coefficient (Wildman–Crippen LogP) is 2.27. The lowest BCUT2D eigenvalue weighted by atomic mass is 10.0. The van der Waals surface area contributed by atoms with Gasteiger partial charge in [0.05, 0.1) is 6.10 Å². The van der Waals surface area contributed by atoms with Gasteiger partial charge in [-0.2, -0.15) is 0 Å². The Kier molecular flexibility index (Phi) is 5.93. The Hall–Kier alpha value is -1.68. The predicted molar refractivity (Wildman–Crippen MR) is 87.0 cm³/mol. The first-order chi connectivity index (χ1) is 10.2. The molecule has 2 aromatic carbocycles. The molecule has 3 heteroatoms. The second-order valence-electron chi connectivity index (χ2n) is 5.46. The van der Waals surface area contributed by atoms with Crippen LogP contribution in [0.2, 0.25) is 0 Å². The van der Waals surface area contributed by atoms with E-state index in [-0.39, 0.29) is 12.1 Å². The number of aliphatic hydroxyl groups excluding tert-OH is 1. The summed E-state index contributed by atoms with van der Waals surface area (Å²) < 4.78 is 0. The molecule has 0 bridgehead atoms. The number of hydrogen-bond acceptors (Lipinski definition) is 3. The Morgan fingerprint density at radius 3 is 2.19 bits per heavy atom. The van der Waals surface area contributed by atoms with Gasteiger partial charge in [0.2, 0.25) is 0 Å². The molecule has 0 saturated heterocycles. The van der Waals surface area contributed by atoms with Gasteiger partial charge in [0.25, 0.3) is 0 Å². The number of aliphatic hydroxyl groups is 1. The molecule has 0 amide bonds. The van der Waals surface area contributed by atoms with Crippen molar-refractivity contribution in [1.29, 1.82) is 0 Å². The molecular weight excluding hydrogens is 260 g/mol. The van der Waals surface area contributed by atoms with Crippen molar-refractivity contribution in [3.05, 3.63) is 71.8 Å². The van der Waals surface area contributed by atoms with E-state index in [9.17, 15) is 5.11 Å². The zero-order chi connectivity index (χ0) is 15.1. The SMILES string of the molecule is C[C@H](NC[C@H](O)C(N)Cc1ccccc1)c1ccccc1. The average molecular weight is 284 g/mol. The van der Waals surface area contributed by atoms with E-state index in [1.165, 1.54) is 5.56 Å². The van der Waals surface area contributed by atoms with Gasteiger partial charge in [0.15, 0.2) is 0 Å². The highest BCUT2D eigenvalue weighted by Gasteiger charge is 2.16. The molecule has 3 nitrogen and oxygen atoms in total. The molecule has 0 aliphatic carbocycles. The van der Waals surface area contributed by atoms with Gasteiger partial charge in [0, 0.05) is 18.6 Å². The maximum Gasteiger partial charge on any atom is 0.0818 e. The molecule has 0 radical (unpaired) electrons. The molecule has 0 heterocycles. The third kappa shape index (κ3) is 4.97. The molecule has 112 valence electrons. The Bertz CT molecular complexity index is 515. The van der Waals surface area contributed by atoms with E-state index in [2.05, 4.69) is 24.4 Å². The van der Waals surface area contributed by atoms with Gasteiger partial charge in [0.1, 0.15) is 0 Å². The highest BCUT2D eigenvalue weighted by Crippen LogP contribution is 2.11. The van der Waals surface area contributed by atoms with Gasteiger partial charge in [-0.25, -0.2) is 0 Å². The van der Waals surface area contributed by atoms with Crippen molar-refractivity contribution in [3.8, 4) is 0 Å². The summed E-state index contributed by atoms with van der Waals surface area (Å²) in [6.07, 6.45) is 0.125. The summed E-state index contributed by atoms with van der Waals surface area (Å²) >= 11 is 0. The molecule has 21 heavy (non-hydrogen) atoms. The molecule has 1 unspecified atom stereocenters. The number of rotatable bonds is 7. The van der Waals surface area contributed by atoms with Gasteiger partial charge in [-0.3, -0.25) is 0 Å². The van der Waals surface area contributed by atoms with Crippen LogP contribution in [0.4, 0.5) is 0 Å². The Labute approximate surface area is 126 Å². The second kappa shape index (κ2) is 7.93. The Balaban J connectivity index is 1.80. The van der Waals surface area contributed by atoms with E-state index in [1.54, 1.807) is 0 Å². The van der Waals surface area contributed by atoms with Crippen LogP contribution in [0.3, 0.4) is 0 Å². The highest BCUT2D eigenvalue weighted by molar-refractivity contribution is 5.18. The summed E-state index contributed by atoms with van der Waals surface area (Å²) in [6.45, 7) is 2.58. The summed E-state index contributed by atoms with van der Waals surface area (Å²) in [7, 11) is 0. The molecule has 0 spiro atoms. The fourth-order valence-electron chi connectivity index (χ4n) is 2.33. The lowest BCUT2D eigenvalue weighted by Gasteiger charge is -2.22. The summed E-state index contributed by atoms with van der Waals surface area (Å²) in [5.41, 5.74) is 8.45. The van der Waals surface area contributed by atoms with Crippen molar-refractivity contribution in [2.45, 2.75) is 31.5 Å². The molecule has 0 saturated carbocycles. The molecule has 0 fully saturated rings. The van der Waals surface area contributed by atoms with Crippen LogP contribution in [-0.2, 0) is 6.42 Å². The van der Waals surface area contributed by atoms with Gasteiger partial charge in [-0.05, 0) is 24.5 Å². The summed E-state index contributed by atoms with van der Waals surface area (Å²) in [4.78, 5) is 0. The van der Waals surface area contributed by atoms with Crippen LogP contribution >= 0.6 is 0 Å². The maximum atomic E-state index is 10.2. The number of benzene rings is 2. The molecule has 2 rings (SSSR count). The third-order valence-electron chi connectivity index (χ3n) is 3.74. The molecular formula is C18H24N2O. The molecule has 0 aliphatic heterocycles. The lowest BCUT2D eigenvalue weighted by molar-refractivity contribution is 0.138. The van der Waals surface area contributed by atoms with Crippen molar-refractivity contribution in [3.63, 3.8) is 0 Å². The fourth-order valence-corrected chi connectivity index (χ4v) is 2.33. The monoisotopic (exact) mass is 284 g/mol. The first kappa shape index (κ1) is 15.7. The molecule has 3 atom stereocenters. The Morgan fingerprint density at radius 2 is 1.57 bits per heavy atom. The molecule has 0 aromatic heterocycles. The minimum absolute atomic E-state index is 0.199. The van der Waals surface area contributed by atoms with Crippen LogP contribution in [0.25, 0.3) is 0 Å². The minimum Gasteiger partial charge on any atom is -0.390 e. The number of nitrogens with one attached hydrogen (secondary N) is 1. The van der Waals surface area contributed by atoms with Gasteiger partial charge in [-0.15, -0.1) is 0 Å². The van der Waals surface area contributed by atoms with Crippen LogP contribution in [-0.4, -0.2) is 23.8 Å². The minimum atomic E-state index is -0.559. The zero-order valence-electron chi connectivity index (χ0n) is 12.4. The van der Waals surface area contributed by atoms with Gasteiger partial charge in [-0.1, -0.05) is 60.7 Å². The quantitative estimate of drug-likeness (QED) is 0.731. The first-order valence-electron chi connectivity index (χ1n) is 7.42. The summed E-state index contributed by atoms with van der Waals surface area (Å²) in [5, 5.41) is 13.5. The molecule has 4 N–H and O–H groups in total. The number of hydrogen-bond donors (Lipinski definition) is 3. The van der Waals surface area contributed by atoms with Crippen molar-refractivity contribution in [1.82, 2.24) is 5.32 Å². The van der Waals surface area contributed by atoms with E-state index in [4.69, 9.17) is 5.73 Å². The molecule has 0 aliphatic rings. The molecule has 2 aromatic rings. The van der Waals surface area contributed by atoms with Gasteiger partial charge < -0.3 is 16.2 Å². The van der Waals surface area contributed by atoms with Gasteiger partial charge >= 0.3 is 0 Å². The lowest BCUT2D eigenvalue weighted by Crippen LogP contribution is -2.43. The van der Waals surface area contributed by atoms with Crippen LogP contribution < -0.4 is 11.1 Å². The standard InChI is InChI=1S/C18H24N2O/c1-14(16-10-6-3-7-11-16)20-13-18(21)17(19)12-15-8-4-2-5-9-15/h2-11,14,17-18,20-21H,12-13,19H2,1H3/t14-,17?,18-/m0/s1. The first-order valence-corrected chi connectivity index (χ1v) is 7.42. The van der Waals surface area contributed by atoms with E-state index in [0.717, 1.165) is 5.56 Å². The second-order valence-corrected chi connectivity index (χ2v) is 5.46. The largest absolute Gasteiger partial charge is 0.390 e. The highest BCUT2D eigenvalue weighted by atomic mass is 16.3. The average Bonchev–Trinajstić information content (AvgIpc) is 2.54. The van der Waals surface area contributed by atoms with Crippen LogP contribution in [0, 0.1) is 0 Å². The smallest absolute Gasteiger partial charge is 0.0818 e. The van der Waals surface area contributed by atoms with Crippen LogP contribution in [0.1, 0.15) is 24.1 Å².